The number of aliphatic hydroxyl groups excluding tert-OH is 1. The third-order valence-corrected chi connectivity index (χ3v) is 5.21. The van der Waals surface area contributed by atoms with Crippen molar-refractivity contribution >= 4 is 17.4 Å². The van der Waals surface area contributed by atoms with Crippen LogP contribution in [0.15, 0.2) is 24.3 Å². The monoisotopic (exact) mass is 265 g/mol. The Bertz CT molecular complexity index is 396. The van der Waals surface area contributed by atoms with Crippen LogP contribution in [-0.4, -0.2) is 28.7 Å². The second kappa shape index (κ2) is 5.98. The summed E-state index contributed by atoms with van der Waals surface area (Å²) in [5.74, 6) is 1.17. The molecule has 0 radical (unpaired) electrons. The molecule has 0 spiro atoms. The van der Waals surface area contributed by atoms with Crippen LogP contribution in [-0.2, 0) is 0 Å². The first kappa shape index (κ1) is 13.8. The lowest BCUT2D eigenvalue weighted by Gasteiger charge is -2.40. The summed E-state index contributed by atoms with van der Waals surface area (Å²) in [6.07, 6.45) is 0.419. The van der Waals surface area contributed by atoms with E-state index in [1.54, 1.807) is 0 Å². The second-order valence-electron chi connectivity index (χ2n) is 4.99. The molecular formula is C15H23NOS. The van der Waals surface area contributed by atoms with Gasteiger partial charge in [0.15, 0.2) is 0 Å². The number of aliphatic hydroxyl groups is 1. The van der Waals surface area contributed by atoms with Crippen LogP contribution >= 0.6 is 11.8 Å². The minimum absolute atomic E-state index is 0.349. The van der Waals surface area contributed by atoms with Gasteiger partial charge in [0, 0.05) is 34.8 Å². The molecule has 0 saturated carbocycles. The number of nitrogens with zero attached hydrogens (tertiary/aromatic N) is 1. The molecule has 1 aliphatic rings. The maximum absolute atomic E-state index is 10.2. The van der Waals surface area contributed by atoms with Gasteiger partial charge >= 0.3 is 0 Å². The maximum atomic E-state index is 10.2. The molecule has 1 saturated heterocycles. The second-order valence-corrected chi connectivity index (χ2v) is 6.48. The highest BCUT2D eigenvalue weighted by Gasteiger charge is 2.27. The van der Waals surface area contributed by atoms with Gasteiger partial charge in [0.2, 0.25) is 0 Å². The fourth-order valence-corrected chi connectivity index (χ4v) is 3.62. The summed E-state index contributed by atoms with van der Waals surface area (Å²) in [5.41, 5.74) is 2.29. The Morgan fingerprint density at radius 2 is 2.11 bits per heavy atom. The van der Waals surface area contributed by atoms with Crippen molar-refractivity contribution in [2.24, 2.45) is 0 Å². The lowest BCUT2D eigenvalue weighted by molar-refractivity contribution is 0.174. The molecule has 1 aromatic carbocycles. The molecule has 1 fully saturated rings. The summed E-state index contributed by atoms with van der Waals surface area (Å²) in [6.45, 7) is 7.68. The van der Waals surface area contributed by atoms with Gasteiger partial charge in [-0.15, -0.1) is 0 Å². The Kier molecular flexibility index (Phi) is 4.57. The van der Waals surface area contributed by atoms with Gasteiger partial charge in [0.25, 0.3) is 0 Å². The van der Waals surface area contributed by atoms with Crippen molar-refractivity contribution < 1.29 is 5.11 Å². The van der Waals surface area contributed by atoms with Gasteiger partial charge in [-0.1, -0.05) is 32.0 Å². The van der Waals surface area contributed by atoms with Gasteiger partial charge in [-0.25, -0.2) is 0 Å². The zero-order valence-electron chi connectivity index (χ0n) is 11.5. The van der Waals surface area contributed by atoms with Crippen molar-refractivity contribution in [2.45, 2.75) is 44.6 Å². The van der Waals surface area contributed by atoms with Crippen LogP contribution in [0.25, 0.3) is 0 Å². The fourth-order valence-electron chi connectivity index (χ4n) is 2.52. The standard InChI is InChI=1S/C15H23NOS/c1-4-15(17)13-7-5-6-8-14(13)16-9-10-18-12(3)11(16)2/h5-8,11-12,15,17H,4,9-10H2,1-3H3/t11?,12?,15-/m0/s1. The largest absolute Gasteiger partial charge is 0.388 e. The van der Waals surface area contributed by atoms with E-state index in [-0.39, 0.29) is 6.10 Å². The number of rotatable bonds is 3. The van der Waals surface area contributed by atoms with Crippen LogP contribution in [0, 0.1) is 0 Å². The Balaban J connectivity index is 2.32. The first-order chi connectivity index (χ1) is 8.65. The van der Waals surface area contributed by atoms with Crippen molar-refractivity contribution in [1.82, 2.24) is 0 Å². The first-order valence-electron chi connectivity index (χ1n) is 6.80. The summed E-state index contributed by atoms with van der Waals surface area (Å²) in [4.78, 5) is 2.45. The van der Waals surface area contributed by atoms with E-state index < -0.39 is 0 Å². The van der Waals surface area contributed by atoms with Crippen LogP contribution in [0.3, 0.4) is 0 Å². The average molecular weight is 265 g/mol. The highest BCUT2D eigenvalue weighted by Crippen LogP contribution is 2.34. The van der Waals surface area contributed by atoms with Gasteiger partial charge in [0.1, 0.15) is 0 Å². The van der Waals surface area contributed by atoms with Crippen LogP contribution < -0.4 is 4.90 Å². The van der Waals surface area contributed by atoms with Crippen molar-refractivity contribution in [3.63, 3.8) is 0 Å². The SMILES string of the molecule is CC[C@H](O)c1ccccc1N1CCSC(C)C1C. The molecule has 1 aromatic rings. The lowest BCUT2D eigenvalue weighted by atomic mass is 10.0. The van der Waals surface area contributed by atoms with E-state index in [9.17, 15) is 5.11 Å². The predicted molar refractivity (Wildman–Crippen MR) is 80.4 cm³/mol. The molecule has 1 heterocycles. The number of hydrogen-bond donors (Lipinski definition) is 1. The fraction of sp³-hybridized carbons (Fsp3) is 0.600. The summed E-state index contributed by atoms with van der Waals surface area (Å²) in [5, 5.41) is 10.8. The minimum atomic E-state index is -0.349. The smallest absolute Gasteiger partial charge is 0.0807 e. The van der Waals surface area contributed by atoms with E-state index >= 15 is 0 Å². The summed E-state index contributed by atoms with van der Waals surface area (Å²) < 4.78 is 0. The van der Waals surface area contributed by atoms with Crippen molar-refractivity contribution in [3.8, 4) is 0 Å². The van der Waals surface area contributed by atoms with Gasteiger partial charge in [-0.05, 0) is 19.4 Å². The number of para-hydroxylation sites is 1. The molecule has 3 atom stereocenters. The molecule has 0 amide bonds. The molecule has 2 rings (SSSR count). The molecule has 3 heteroatoms. The van der Waals surface area contributed by atoms with Crippen LogP contribution in [0.4, 0.5) is 5.69 Å². The highest BCUT2D eigenvalue weighted by molar-refractivity contribution is 8.00. The van der Waals surface area contributed by atoms with E-state index in [1.165, 1.54) is 11.4 Å². The molecule has 2 unspecified atom stereocenters. The van der Waals surface area contributed by atoms with E-state index in [0.29, 0.717) is 11.3 Å². The van der Waals surface area contributed by atoms with Crippen LogP contribution in [0.1, 0.15) is 38.9 Å². The van der Waals surface area contributed by atoms with Crippen molar-refractivity contribution in [3.05, 3.63) is 29.8 Å². The Hall–Kier alpha value is -0.670. The predicted octanol–water partition coefficient (Wildman–Crippen LogP) is 3.46. The molecule has 1 N–H and O–H groups in total. The number of thioether (sulfide) groups is 1. The average Bonchev–Trinajstić information content (AvgIpc) is 2.41. The Labute approximate surface area is 114 Å². The van der Waals surface area contributed by atoms with Gasteiger partial charge < -0.3 is 10.0 Å². The van der Waals surface area contributed by atoms with Gasteiger partial charge in [-0.3, -0.25) is 0 Å². The third kappa shape index (κ3) is 2.67. The number of hydrogen-bond acceptors (Lipinski definition) is 3. The molecule has 100 valence electrons. The molecule has 18 heavy (non-hydrogen) atoms. The van der Waals surface area contributed by atoms with Crippen molar-refractivity contribution in [1.29, 1.82) is 0 Å². The van der Waals surface area contributed by atoms with E-state index in [0.717, 1.165) is 18.5 Å². The summed E-state index contributed by atoms with van der Waals surface area (Å²) in [6, 6.07) is 8.81. The maximum Gasteiger partial charge on any atom is 0.0807 e. The normalized spacial score (nSPS) is 26.1. The van der Waals surface area contributed by atoms with Gasteiger partial charge in [0.05, 0.1) is 6.10 Å². The lowest BCUT2D eigenvalue weighted by Crippen LogP contribution is -2.45. The van der Waals surface area contributed by atoms with E-state index in [4.69, 9.17) is 0 Å². The van der Waals surface area contributed by atoms with Crippen molar-refractivity contribution in [2.75, 3.05) is 17.2 Å². The quantitative estimate of drug-likeness (QED) is 0.905. The molecule has 2 nitrogen and oxygen atoms in total. The molecule has 0 bridgehead atoms. The van der Waals surface area contributed by atoms with E-state index in [1.807, 2.05) is 24.8 Å². The highest BCUT2D eigenvalue weighted by atomic mass is 32.2. The van der Waals surface area contributed by atoms with Crippen LogP contribution in [0.5, 0.6) is 0 Å². The molecular weight excluding hydrogens is 242 g/mol. The zero-order valence-corrected chi connectivity index (χ0v) is 12.3. The molecule has 0 aromatic heterocycles. The number of benzene rings is 1. The molecule has 1 aliphatic heterocycles. The number of anilines is 1. The van der Waals surface area contributed by atoms with E-state index in [2.05, 4.69) is 36.9 Å². The Morgan fingerprint density at radius 1 is 1.39 bits per heavy atom. The minimum Gasteiger partial charge on any atom is -0.388 e. The zero-order chi connectivity index (χ0) is 13.1. The Morgan fingerprint density at radius 3 is 2.83 bits per heavy atom. The third-order valence-electron chi connectivity index (χ3n) is 3.88. The summed E-state index contributed by atoms with van der Waals surface area (Å²) in [7, 11) is 0. The summed E-state index contributed by atoms with van der Waals surface area (Å²) >= 11 is 2.04. The first-order valence-corrected chi connectivity index (χ1v) is 7.85. The van der Waals surface area contributed by atoms with Crippen LogP contribution in [0.2, 0.25) is 0 Å². The topological polar surface area (TPSA) is 23.5 Å². The molecule has 0 aliphatic carbocycles. The van der Waals surface area contributed by atoms with Gasteiger partial charge in [-0.2, -0.15) is 11.8 Å².